The highest BCUT2D eigenvalue weighted by Crippen LogP contribution is 2.43. The van der Waals surface area contributed by atoms with Crippen molar-refractivity contribution in [3.63, 3.8) is 0 Å². The number of fused-ring (bicyclic) bond motifs is 3. The number of carbonyl (C=O) groups excluding carboxylic acids is 1. The van der Waals surface area contributed by atoms with E-state index in [0.717, 1.165) is 45.4 Å². The Morgan fingerprint density at radius 1 is 1.03 bits per heavy atom. The number of aromatic nitrogens is 2. The number of likely N-dealkylation sites (tertiary alicyclic amines) is 1. The summed E-state index contributed by atoms with van der Waals surface area (Å²) in [4.78, 5) is 17.4. The molecule has 0 saturated carbocycles. The van der Waals surface area contributed by atoms with E-state index >= 15 is 0 Å². The SMILES string of the molecule is O=C(c1nn(C2CCCN(C3CCCOC3)C2)c2c1CS(=O)(=O)c1c(F)cccc1-2)N1CCOCC1. The van der Waals surface area contributed by atoms with Crippen LogP contribution in [0.2, 0.25) is 0 Å². The molecule has 1 aromatic heterocycles. The fraction of sp³-hybridized carbons (Fsp3) is 0.600. The molecule has 2 atom stereocenters. The lowest BCUT2D eigenvalue weighted by Crippen LogP contribution is -2.47. The molecule has 36 heavy (non-hydrogen) atoms. The summed E-state index contributed by atoms with van der Waals surface area (Å²) in [5, 5.41) is 4.80. The molecular formula is C25H31FN4O5S. The standard InChI is InChI=1S/C25H31FN4O5S/c26-21-7-1-6-19-23-20(16-36(32,33)24(19)21)22(25(31)28-9-12-34-13-10-28)27-30(23)17-4-2-8-29(14-17)18-5-3-11-35-15-18/h1,6-7,17-18H,2-5,8-16H2. The van der Waals surface area contributed by atoms with Gasteiger partial charge in [-0.15, -0.1) is 0 Å². The molecule has 4 aliphatic heterocycles. The monoisotopic (exact) mass is 518 g/mol. The van der Waals surface area contributed by atoms with Gasteiger partial charge in [-0.25, -0.2) is 12.8 Å². The second-order valence-electron chi connectivity index (χ2n) is 10.1. The van der Waals surface area contributed by atoms with E-state index in [1.807, 2.05) is 4.68 Å². The van der Waals surface area contributed by atoms with Gasteiger partial charge in [0.2, 0.25) is 0 Å². The summed E-state index contributed by atoms with van der Waals surface area (Å²) in [5.74, 6) is -1.50. The quantitative estimate of drug-likeness (QED) is 0.615. The Kier molecular flexibility index (Phi) is 6.35. The van der Waals surface area contributed by atoms with Crippen molar-refractivity contribution in [2.24, 2.45) is 0 Å². The van der Waals surface area contributed by atoms with E-state index < -0.39 is 21.4 Å². The molecule has 5 heterocycles. The second-order valence-corrected chi connectivity index (χ2v) is 12.0. The molecule has 0 bridgehead atoms. The number of sulfone groups is 1. The summed E-state index contributed by atoms with van der Waals surface area (Å²) in [6.45, 7) is 4.91. The van der Waals surface area contributed by atoms with Gasteiger partial charge in [-0.3, -0.25) is 14.4 Å². The number of nitrogens with zero attached hydrogens (tertiary/aromatic N) is 4. The first-order valence-corrected chi connectivity index (χ1v) is 14.4. The van der Waals surface area contributed by atoms with Crippen LogP contribution in [0.5, 0.6) is 0 Å². The summed E-state index contributed by atoms with van der Waals surface area (Å²) >= 11 is 0. The van der Waals surface area contributed by atoms with Crippen molar-refractivity contribution in [1.82, 2.24) is 19.6 Å². The number of hydrogen-bond donors (Lipinski definition) is 0. The number of halogens is 1. The van der Waals surface area contributed by atoms with Crippen LogP contribution in [0.1, 0.15) is 47.8 Å². The molecule has 0 N–H and O–H groups in total. The summed E-state index contributed by atoms with van der Waals surface area (Å²) < 4.78 is 54.2. The Labute approximate surface area is 210 Å². The summed E-state index contributed by atoms with van der Waals surface area (Å²) in [6, 6.07) is 4.61. The molecule has 0 spiro atoms. The Morgan fingerprint density at radius 2 is 1.83 bits per heavy atom. The number of amides is 1. The lowest BCUT2D eigenvalue weighted by atomic mass is 9.99. The molecule has 1 amide bonds. The number of benzene rings is 1. The van der Waals surface area contributed by atoms with E-state index in [4.69, 9.17) is 14.6 Å². The largest absolute Gasteiger partial charge is 0.380 e. The first-order valence-electron chi connectivity index (χ1n) is 12.8. The molecule has 2 unspecified atom stereocenters. The number of hydrogen-bond acceptors (Lipinski definition) is 7. The minimum atomic E-state index is -3.97. The highest BCUT2D eigenvalue weighted by molar-refractivity contribution is 7.91. The van der Waals surface area contributed by atoms with Crippen LogP contribution in [-0.2, 0) is 25.1 Å². The molecule has 3 saturated heterocycles. The maximum atomic E-state index is 14.9. The van der Waals surface area contributed by atoms with Gasteiger partial charge in [-0.05, 0) is 38.3 Å². The third kappa shape index (κ3) is 4.15. The van der Waals surface area contributed by atoms with Crippen LogP contribution in [0, 0.1) is 5.82 Å². The fourth-order valence-electron chi connectivity index (χ4n) is 6.04. The Bertz CT molecular complexity index is 1270. The van der Waals surface area contributed by atoms with Crippen molar-refractivity contribution in [2.75, 3.05) is 52.6 Å². The Balaban J connectivity index is 1.45. The zero-order valence-electron chi connectivity index (χ0n) is 20.2. The van der Waals surface area contributed by atoms with Crippen molar-refractivity contribution in [2.45, 2.75) is 48.4 Å². The Hall–Kier alpha value is -2.34. The molecule has 4 aliphatic rings. The first kappa shape index (κ1) is 24.0. The van der Waals surface area contributed by atoms with Crippen molar-refractivity contribution in [3.8, 4) is 11.3 Å². The number of piperidine rings is 1. The van der Waals surface area contributed by atoms with Gasteiger partial charge in [-0.2, -0.15) is 5.10 Å². The number of rotatable bonds is 3. The van der Waals surface area contributed by atoms with Gasteiger partial charge in [0, 0.05) is 43.4 Å². The smallest absolute Gasteiger partial charge is 0.274 e. The van der Waals surface area contributed by atoms with Crippen LogP contribution in [0.15, 0.2) is 23.1 Å². The van der Waals surface area contributed by atoms with Gasteiger partial charge < -0.3 is 14.4 Å². The summed E-state index contributed by atoms with van der Waals surface area (Å²) in [7, 11) is -3.97. The molecular weight excluding hydrogens is 487 g/mol. The molecule has 194 valence electrons. The van der Waals surface area contributed by atoms with Gasteiger partial charge >= 0.3 is 0 Å². The van der Waals surface area contributed by atoms with Crippen LogP contribution >= 0.6 is 0 Å². The van der Waals surface area contributed by atoms with E-state index in [9.17, 15) is 17.6 Å². The van der Waals surface area contributed by atoms with Crippen molar-refractivity contribution in [1.29, 1.82) is 0 Å². The van der Waals surface area contributed by atoms with Gasteiger partial charge in [-0.1, -0.05) is 12.1 Å². The topological polar surface area (TPSA) is 94.0 Å². The predicted octanol–water partition coefficient (Wildman–Crippen LogP) is 2.26. The zero-order valence-corrected chi connectivity index (χ0v) is 21.0. The lowest BCUT2D eigenvalue weighted by Gasteiger charge is -2.40. The lowest BCUT2D eigenvalue weighted by molar-refractivity contribution is 0.00208. The second kappa shape index (κ2) is 9.51. The maximum Gasteiger partial charge on any atom is 0.274 e. The van der Waals surface area contributed by atoms with E-state index in [0.29, 0.717) is 55.8 Å². The van der Waals surface area contributed by atoms with Gasteiger partial charge in [0.1, 0.15) is 10.7 Å². The minimum Gasteiger partial charge on any atom is -0.380 e. The Morgan fingerprint density at radius 3 is 2.61 bits per heavy atom. The van der Waals surface area contributed by atoms with E-state index in [2.05, 4.69) is 4.90 Å². The molecule has 11 heteroatoms. The van der Waals surface area contributed by atoms with Crippen LogP contribution in [0.4, 0.5) is 4.39 Å². The molecule has 2 aromatic rings. The molecule has 1 aromatic carbocycles. The van der Waals surface area contributed by atoms with E-state index in [1.165, 1.54) is 12.1 Å². The van der Waals surface area contributed by atoms with Crippen LogP contribution in [0.3, 0.4) is 0 Å². The van der Waals surface area contributed by atoms with E-state index in [1.54, 1.807) is 11.0 Å². The van der Waals surface area contributed by atoms with Crippen LogP contribution < -0.4 is 0 Å². The number of ether oxygens (including phenoxy) is 2. The average molecular weight is 519 g/mol. The molecule has 0 radical (unpaired) electrons. The van der Waals surface area contributed by atoms with Crippen molar-refractivity contribution in [3.05, 3.63) is 35.3 Å². The van der Waals surface area contributed by atoms with Gasteiger partial charge in [0.05, 0.1) is 37.3 Å². The van der Waals surface area contributed by atoms with E-state index in [-0.39, 0.29) is 22.5 Å². The first-order chi connectivity index (χ1) is 17.4. The number of morpholine rings is 1. The highest BCUT2D eigenvalue weighted by Gasteiger charge is 2.40. The van der Waals surface area contributed by atoms with Gasteiger partial charge in [0.15, 0.2) is 15.5 Å². The highest BCUT2D eigenvalue weighted by atomic mass is 32.2. The average Bonchev–Trinajstić information content (AvgIpc) is 3.28. The normalized spacial score (nSPS) is 26.3. The maximum absolute atomic E-state index is 14.9. The number of carbonyl (C=O) groups is 1. The predicted molar refractivity (Wildman–Crippen MR) is 129 cm³/mol. The molecule has 9 nitrogen and oxygen atoms in total. The van der Waals surface area contributed by atoms with Gasteiger partial charge in [0.25, 0.3) is 5.91 Å². The fourth-order valence-corrected chi connectivity index (χ4v) is 7.71. The summed E-state index contributed by atoms with van der Waals surface area (Å²) in [5.41, 5.74) is 1.39. The zero-order chi connectivity index (χ0) is 24.9. The minimum absolute atomic E-state index is 0.0578. The summed E-state index contributed by atoms with van der Waals surface area (Å²) in [6.07, 6.45) is 3.92. The van der Waals surface area contributed by atoms with Crippen LogP contribution in [-0.4, -0.2) is 92.6 Å². The third-order valence-electron chi connectivity index (χ3n) is 7.80. The molecule has 6 rings (SSSR count). The molecule has 0 aliphatic carbocycles. The van der Waals surface area contributed by atoms with Crippen molar-refractivity contribution < 1.29 is 27.1 Å². The van der Waals surface area contributed by atoms with Crippen molar-refractivity contribution >= 4 is 15.7 Å². The van der Waals surface area contributed by atoms with Crippen LogP contribution in [0.25, 0.3) is 11.3 Å². The molecule has 3 fully saturated rings. The third-order valence-corrected chi connectivity index (χ3v) is 9.51.